The first-order chi connectivity index (χ1) is 27.9. The van der Waals surface area contributed by atoms with Gasteiger partial charge in [0.05, 0.1) is 26.4 Å². The van der Waals surface area contributed by atoms with E-state index in [1.54, 1.807) is 22.8 Å². The van der Waals surface area contributed by atoms with E-state index in [9.17, 15) is 25.2 Å². The third kappa shape index (κ3) is 13.3. The summed E-state index contributed by atoms with van der Waals surface area (Å²) in [5.74, 6) is 1.44. The number of hydrogen-bond acceptors (Lipinski definition) is 13. The van der Waals surface area contributed by atoms with E-state index in [-0.39, 0.29) is 31.8 Å². The van der Waals surface area contributed by atoms with Crippen molar-refractivity contribution < 1.29 is 30.3 Å². The van der Waals surface area contributed by atoms with Gasteiger partial charge in [-0.3, -0.25) is 0 Å². The molecule has 3 aliphatic rings. The Morgan fingerprint density at radius 3 is 1.57 bits per heavy atom. The number of aliphatic carboxylic acids is 1. The zero-order valence-electron chi connectivity index (χ0n) is 35.5. The molecule has 5 N–H and O–H groups in total. The standard InChI is InChI=1S/C24H40N8O4.C20H28O2/c33-15-11-31(12-16-34)23-26-20-19(21(27-23)29-7-3-1-4-8-29)25-24(32(13-17-35)14-18-36)28-22(20)30-9-5-2-6-10-30;1-15(8-6-9-16(2)14-19(21)22)11-12-18-17(3)10-7-13-20(18,4)5/h33-36H,1-18H2;6,8-9,11-12,14H,7,10,13H2,1-5H3,(H,21,22)/b;9-6+,12-11+,15-8+,16-14+. The molecule has 0 spiro atoms. The maximum Gasteiger partial charge on any atom is 0.328 e. The Kier molecular flexibility index (Phi) is 18.6. The minimum atomic E-state index is -0.912. The maximum atomic E-state index is 10.5. The minimum absolute atomic E-state index is 0.0772. The highest BCUT2D eigenvalue weighted by Gasteiger charge is 2.28. The molecule has 320 valence electrons. The summed E-state index contributed by atoms with van der Waals surface area (Å²) < 4.78 is 0. The number of carbonyl (C=O) groups is 1. The number of rotatable bonds is 17. The molecule has 0 radical (unpaired) electrons. The highest BCUT2D eigenvalue weighted by Crippen LogP contribution is 2.41. The quantitative estimate of drug-likeness (QED) is 0.0987. The van der Waals surface area contributed by atoms with Crippen molar-refractivity contribution in [1.82, 2.24) is 19.9 Å². The second kappa shape index (κ2) is 23.3. The van der Waals surface area contributed by atoms with Gasteiger partial charge in [0, 0.05) is 58.4 Å². The van der Waals surface area contributed by atoms with Crippen molar-refractivity contribution in [2.45, 2.75) is 92.4 Å². The summed E-state index contributed by atoms with van der Waals surface area (Å²) in [6, 6.07) is 0. The highest BCUT2D eigenvalue weighted by molar-refractivity contribution is 5.95. The molecule has 2 saturated heterocycles. The maximum absolute atomic E-state index is 10.5. The Balaban J connectivity index is 0.000000291. The van der Waals surface area contributed by atoms with Crippen LogP contribution in [0.1, 0.15) is 92.4 Å². The SMILES string of the molecule is CC1=C(/C=C/C(C)=C/C=C/C(C)=C/C(=O)O)C(C)(C)CCC1.OCCN(CCO)c1nc(N2CCCCC2)c2nc(N(CCO)CCO)nc(N3CCCCC3)c2n1. The van der Waals surface area contributed by atoms with E-state index < -0.39 is 5.97 Å². The molecule has 58 heavy (non-hydrogen) atoms. The van der Waals surface area contributed by atoms with Crippen LogP contribution < -0.4 is 19.6 Å². The third-order valence-electron chi connectivity index (χ3n) is 11.0. The van der Waals surface area contributed by atoms with Gasteiger partial charge >= 0.3 is 5.97 Å². The number of carboxylic acid groups (broad SMARTS) is 1. The zero-order chi connectivity index (χ0) is 42.1. The molecule has 0 aromatic carbocycles. The number of aliphatic hydroxyl groups excluding tert-OH is 4. The number of anilines is 4. The second-order valence-corrected chi connectivity index (χ2v) is 16.1. The molecule has 2 aromatic heterocycles. The van der Waals surface area contributed by atoms with Crippen LogP contribution in [-0.2, 0) is 4.79 Å². The molecule has 0 unspecified atom stereocenters. The number of nitrogens with zero attached hydrogens (tertiary/aromatic N) is 8. The highest BCUT2D eigenvalue weighted by atomic mass is 16.4. The van der Waals surface area contributed by atoms with Gasteiger partial charge in [0.1, 0.15) is 11.0 Å². The summed E-state index contributed by atoms with van der Waals surface area (Å²) in [4.78, 5) is 38.3. The molecule has 4 heterocycles. The number of hydrogen-bond donors (Lipinski definition) is 5. The van der Waals surface area contributed by atoms with Gasteiger partial charge in [-0.1, -0.05) is 55.4 Å². The predicted molar refractivity (Wildman–Crippen MR) is 234 cm³/mol. The fraction of sp³-hybridized carbons (Fsp3) is 0.614. The van der Waals surface area contributed by atoms with Crippen molar-refractivity contribution in [3.63, 3.8) is 0 Å². The molecular formula is C44H68N8O6. The molecule has 2 aliphatic heterocycles. The lowest BCUT2D eigenvalue weighted by Crippen LogP contribution is -2.36. The Bertz CT molecular complexity index is 1700. The summed E-state index contributed by atoms with van der Waals surface area (Å²) in [6.07, 6.45) is 21.6. The molecular weight excluding hydrogens is 737 g/mol. The number of aromatic nitrogens is 4. The van der Waals surface area contributed by atoms with E-state index in [1.165, 1.54) is 49.3 Å². The molecule has 0 saturated carbocycles. The molecule has 0 atom stereocenters. The van der Waals surface area contributed by atoms with Crippen LogP contribution in [-0.4, -0.2) is 130 Å². The Morgan fingerprint density at radius 2 is 1.16 bits per heavy atom. The Morgan fingerprint density at radius 1 is 0.690 bits per heavy atom. The first-order valence-electron chi connectivity index (χ1n) is 21.1. The van der Waals surface area contributed by atoms with Gasteiger partial charge < -0.3 is 45.1 Å². The molecule has 2 fully saturated rings. The number of aliphatic hydroxyl groups is 4. The lowest BCUT2D eigenvalue weighted by Gasteiger charge is -2.33. The van der Waals surface area contributed by atoms with E-state index in [2.05, 4.69) is 49.6 Å². The first kappa shape index (κ1) is 46.3. The summed E-state index contributed by atoms with van der Waals surface area (Å²) in [7, 11) is 0. The Hall–Kier alpha value is -4.37. The van der Waals surface area contributed by atoms with Gasteiger partial charge in [-0.15, -0.1) is 0 Å². The normalized spacial score (nSPS) is 17.9. The van der Waals surface area contributed by atoms with Crippen molar-refractivity contribution >= 4 is 40.5 Å². The fourth-order valence-corrected chi connectivity index (χ4v) is 7.88. The molecule has 1 aliphatic carbocycles. The average molecular weight is 805 g/mol. The van der Waals surface area contributed by atoms with Gasteiger partial charge in [0.25, 0.3) is 0 Å². The van der Waals surface area contributed by atoms with E-state index in [4.69, 9.17) is 25.0 Å². The topological polar surface area (TPSA) is 183 Å². The second-order valence-electron chi connectivity index (χ2n) is 16.1. The van der Waals surface area contributed by atoms with Crippen molar-refractivity contribution in [2.24, 2.45) is 5.41 Å². The van der Waals surface area contributed by atoms with Gasteiger partial charge in [-0.05, 0) is 95.1 Å². The van der Waals surface area contributed by atoms with Crippen molar-refractivity contribution in [3.05, 3.63) is 58.7 Å². The smallest absolute Gasteiger partial charge is 0.328 e. The predicted octanol–water partition coefficient (Wildman–Crippen LogP) is 5.59. The lowest BCUT2D eigenvalue weighted by atomic mass is 9.72. The average Bonchev–Trinajstić information content (AvgIpc) is 3.20. The van der Waals surface area contributed by atoms with Gasteiger partial charge in [0.15, 0.2) is 11.6 Å². The van der Waals surface area contributed by atoms with Crippen LogP contribution in [0.5, 0.6) is 0 Å². The summed E-state index contributed by atoms with van der Waals surface area (Å²) >= 11 is 0. The molecule has 5 rings (SSSR count). The number of carboxylic acids is 1. The van der Waals surface area contributed by atoms with Gasteiger partial charge in [-0.25, -0.2) is 14.8 Å². The van der Waals surface area contributed by atoms with Crippen molar-refractivity contribution in [3.8, 4) is 0 Å². The van der Waals surface area contributed by atoms with Crippen LogP contribution in [0, 0.1) is 5.41 Å². The van der Waals surface area contributed by atoms with E-state index in [0.717, 1.165) is 74.6 Å². The zero-order valence-corrected chi connectivity index (χ0v) is 35.5. The lowest BCUT2D eigenvalue weighted by molar-refractivity contribution is -0.131. The molecule has 14 nitrogen and oxygen atoms in total. The third-order valence-corrected chi connectivity index (χ3v) is 11.0. The summed E-state index contributed by atoms with van der Waals surface area (Å²) in [5.41, 5.74) is 6.40. The van der Waals surface area contributed by atoms with Crippen molar-refractivity contribution in [2.75, 3.05) is 98.4 Å². The first-order valence-corrected chi connectivity index (χ1v) is 21.1. The van der Waals surface area contributed by atoms with Crippen LogP contribution in [0.15, 0.2) is 58.7 Å². The van der Waals surface area contributed by atoms with Crippen LogP contribution in [0.4, 0.5) is 23.5 Å². The van der Waals surface area contributed by atoms with Gasteiger partial charge in [-0.2, -0.15) is 9.97 Å². The molecule has 14 heteroatoms. The monoisotopic (exact) mass is 805 g/mol. The number of allylic oxidation sites excluding steroid dienone is 9. The summed E-state index contributed by atoms with van der Waals surface area (Å²) in [6.45, 7) is 15.1. The largest absolute Gasteiger partial charge is 0.478 e. The minimum Gasteiger partial charge on any atom is -0.478 e. The van der Waals surface area contributed by atoms with Gasteiger partial charge in [0.2, 0.25) is 11.9 Å². The number of fused-ring (bicyclic) bond motifs is 1. The van der Waals surface area contributed by atoms with Crippen LogP contribution in [0.2, 0.25) is 0 Å². The van der Waals surface area contributed by atoms with Crippen LogP contribution in [0.25, 0.3) is 11.0 Å². The van der Waals surface area contributed by atoms with E-state index >= 15 is 0 Å². The molecule has 0 amide bonds. The summed E-state index contributed by atoms with van der Waals surface area (Å²) in [5, 5.41) is 47.2. The molecule has 0 bridgehead atoms. The van der Waals surface area contributed by atoms with Crippen LogP contribution in [0.3, 0.4) is 0 Å². The van der Waals surface area contributed by atoms with E-state index in [1.807, 2.05) is 12.2 Å². The fourth-order valence-electron chi connectivity index (χ4n) is 7.88. The number of piperidine rings is 2. The molecule has 2 aromatic rings. The van der Waals surface area contributed by atoms with E-state index in [0.29, 0.717) is 49.1 Å². The van der Waals surface area contributed by atoms with Crippen molar-refractivity contribution in [1.29, 1.82) is 0 Å². The van der Waals surface area contributed by atoms with Crippen LogP contribution >= 0.6 is 0 Å². The Labute approximate surface area is 345 Å².